The molecular weight excluding hydrogens is 269 g/mol. The second-order valence-corrected chi connectivity index (χ2v) is 6.40. The number of hydrogen-bond acceptors (Lipinski definition) is 3. The van der Waals surface area contributed by atoms with Gasteiger partial charge in [-0.25, -0.2) is 4.39 Å². The van der Waals surface area contributed by atoms with Crippen molar-refractivity contribution in [1.29, 1.82) is 0 Å². The predicted octanol–water partition coefficient (Wildman–Crippen LogP) is 2.37. The van der Waals surface area contributed by atoms with E-state index >= 15 is 0 Å². The smallest absolute Gasteiger partial charge is 0.123 e. The normalized spacial score (nSPS) is 28.1. The third-order valence-corrected chi connectivity index (χ3v) is 4.85. The van der Waals surface area contributed by atoms with Crippen LogP contribution in [0, 0.1) is 5.82 Å². The first-order valence-corrected chi connectivity index (χ1v) is 7.94. The molecular formula is C17H24FNO2. The van der Waals surface area contributed by atoms with E-state index in [1.54, 1.807) is 12.1 Å². The molecule has 1 aliphatic heterocycles. The fraction of sp³-hybridized carbons (Fsp3) is 0.647. The molecule has 0 aromatic heterocycles. The summed E-state index contributed by atoms with van der Waals surface area (Å²) in [5, 5.41) is 9.89. The maximum Gasteiger partial charge on any atom is 0.123 e. The SMILES string of the molecule is OCC1(Cc2ccc(F)cc2)CN(C2CCCC2)CCO1. The van der Waals surface area contributed by atoms with Gasteiger partial charge in [-0.15, -0.1) is 0 Å². The molecule has 1 N–H and O–H groups in total. The maximum absolute atomic E-state index is 13.0. The molecule has 1 aliphatic carbocycles. The molecule has 0 amide bonds. The van der Waals surface area contributed by atoms with Gasteiger partial charge in [-0.1, -0.05) is 25.0 Å². The second kappa shape index (κ2) is 6.42. The first kappa shape index (κ1) is 14.9. The molecule has 1 heterocycles. The summed E-state index contributed by atoms with van der Waals surface area (Å²) in [6.07, 6.45) is 5.78. The quantitative estimate of drug-likeness (QED) is 0.925. The van der Waals surface area contributed by atoms with Crippen molar-refractivity contribution in [3.05, 3.63) is 35.6 Å². The van der Waals surface area contributed by atoms with Crippen molar-refractivity contribution < 1.29 is 14.2 Å². The molecule has 1 aromatic carbocycles. The first-order chi connectivity index (χ1) is 10.2. The summed E-state index contributed by atoms with van der Waals surface area (Å²) in [5.41, 5.74) is 0.470. The van der Waals surface area contributed by atoms with Crippen molar-refractivity contribution in [3.63, 3.8) is 0 Å². The van der Waals surface area contributed by atoms with E-state index in [0.29, 0.717) is 19.1 Å². The highest BCUT2D eigenvalue weighted by molar-refractivity contribution is 5.19. The van der Waals surface area contributed by atoms with Crippen molar-refractivity contribution in [2.45, 2.75) is 43.7 Å². The van der Waals surface area contributed by atoms with Gasteiger partial charge in [-0.05, 0) is 30.5 Å². The zero-order chi connectivity index (χ0) is 14.7. The molecule has 1 saturated heterocycles. The van der Waals surface area contributed by atoms with Crippen molar-refractivity contribution in [2.75, 3.05) is 26.3 Å². The highest BCUT2D eigenvalue weighted by Crippen LogP contribution is 2.29. The molecule has 0 bridgehead atoms. The summed E-state index contributed by atoms with van der Waals surface area (Å²) >= 11 is 0. The van der Waals surface area contributed by atoms with E-state index in [9.17, 15) is 9.50 Å². The van der Waals surface area contributed by atoms with Gasteiger partial charge in [0.05, 0.1) is 13.2 Å². The number of morpholine rings is 1. The topological polar surface area (TPSA) is 32.7 Å². The third-order valence-electron chi connectivity index (χ3n) is 4.85. The van der Waals surface area contributed by atoms with Crippen LogP contribution >= 0.6 is 0 Å². The average Bonchev–Trinajstić information content (AvgIpc) is 3.04. The van der Waals surface area contributed by atoms with Gasteiger partial charge in [0.1, 0.15) is 11.4 Å². The average molecular weight is 293 g/mol. The fourth-order valence-corrected chi connectivity index (χ4v) is 3.69. The van der Waals surface area contributed by atoms with Crippen LogP contribution in [0.1, 0.15) is 31.2 Å². The number of halogens is 1. The summed E-state index contributed by atoms with van der Waals surface area (Å²) < 4.78 is 19.0. The Labute approximate surface area is 125 Å². The monoisotopic (exact) mass is 293 g/mol. The lowest BCUT2D eigenvalue weighted by atomic mass is 9.92. The van der Waals surface area contributed by atoms with E-state index in [0.717, 1.165) is 18.7 Å². The summed E-state index contributed by atoms with van der Waals surface area (Å²) in [7, 11) is 0. The van der Waals surface area contributed by atoms with Crippen LogP contribution in [0.4, 0.5) is 4.39 Å². The minimum Gasteiger partial charge on any atom is -0.393 e. The maximum atomic E-state index is 13.0. The van der Waals surface area contributed by atoms with E-state index < -0.39 is 5.60 Å². The lowest BCUT2D eigenvalue weighted by molar-refractivity contribution is -0.139. The zero-order valence-corrected chi connectivity index (χ0v) is 12.4. The number of aliphatic hydroxyl groups excluding tert-OH is 1. The molecule has 116 valence electrons. The molecule has 1 atom stereocenters. The van der Waals surface area contributed by atoms with Crippen molar-refractivity contribution >= 4 is 0 Å². The van der Waals surface area contributed by atoms with E-state index in [-0.39, 0.29) is 12.4 Å². The number of hydrogen-bond donors (Lipinski definition) is 1. The van der Waals surface area contributed by atoms with Crippen LogP contribution in [-0.2, 0) is 11.2 Å². The predicted molar refractivity (Wildman–Crippen MR) is 79.7 cm³/mol. The van der Waals surface area contributed by atoms with E-state index in [1.165, 1.54) is 37.8 Å². The standard InChI is InChI=1S/C17H24FNO2/c18-15-7-5-14(6-8-15)11-17(13-20)12-19(9-10-21-17)16-3-1-2-4-16/h5-8,16,20H,1-4,9-13H2. The van der Waals surface area contributed by atoms with Gasteiger partial charge in [0.15, 0.2) is 0 Å². The second-order valence-electron chi connectivity index (χ2n) is 6.40. The highest BCUT2D eigenvalue weighted by Gasteiger charge is 2.39. The lowest BCUT2D eigenvalue weighted by Gasteiger charge is -2.44. The van der Waals surface area contributed by atoms with Gasteiger partial charge in [0.25, 0.3) is 0 Å². The van der Waals surface area contributed by atoms with Crippen LogP contribution in [0.25, 0.3) is 0 Å². The first-order valence-electron chi connectivity index (χ1n) is 7.94. The summed E-state index contributed by atoms with van der Waals surface area (Å²) in [5.74, 6) is -0.228. The van der Waals surface area contributed by atoms with E-state index in [4.69, 9.17) is 4.74 Å². The van der Waals surface area contributed by atoms with Crippen LogP contribution in [0.3, 0.4) is 0 Å². The molecule has 3 rings (SSSR count). The largest absolute Gasteiger partial charge is 0.393 e. The third kappa shape index (κ3) is 3.44. The van der Waals surface area contributed by atoms with Gasteiger partial charge in [-0.2, -0.15) is 0 Å². The van der Waals surface area contributed by atoms with E-state index in [2.05, 4.69) is 4.90 Å². The van der Waals surface area contributed by atoms with Crippen LogP contribution < -0.4 is 0 Å². The van der Waals surface area contributed by atoms with Gasteiger partial charge < -0.3 is 9.84 Å². The Kier molecular flexibility index (Phi) is 4.57. The van der Waals surface area contributed by atoms with Crippen LogP contribution in [-0.4, -0.2) is 48.0 Å². The van der Waals surface area contributed by atoms with Gasteiger partial charge in [0, 0.05) is 25.6 Å². The van der Waals surface area contributed by atoms with Crippen molar-refractivity contribution in [2.24, 2.45) is 0 Å². The molecule has 1 unspecified atom stereocenters. The Morgan fingerprint density at radius 3 is 2.62 bits per heavy atom. The van der Waals surface area contributed by atoms with Crippen LogP contribution in [0.15, 0.2) is 24.3 Å². The summed E-state index contributed by atoms with van der Waals surface area (Å²) in [4.78, 5) is 2.48. The summed E-state index contributed by atoms with van der Waals surface area (Å²) in [6, 6.07) is 7.15. The Balaban J connectivity index is 1.70. The van der Waals surface area contributed by atoms with Crippen molar-refractivity contribution in [1.82, 2.24) is 4.90 Å². The molecule has 2 fully saturated rings. The van der Waals surface area contributed by atoms with Crippen LogP contribution in [0.5, 0.6) is 0 Å². The highest BCUT2D eigenvalue weighted by atomic mass is 19.1. The van der Waals surface area contributed by atoms with Gasteiger partial charge in [0.2, 0.25) is 0 Å². The minimum atomic E-state index is -0.543. The number of aliphatic hydroxyl groups is 1. The Bertz CT molecular complexity index is 458. The summed E-state index contributed by atoms with van der Waals surface area (Å²) in [6.45, 7) is 2.40. The van der Waals surface area contributed by atoms with Crippen LogP contribution in [0.2, 0.25) is 0 Å². The molecule has 4 heteroatoms. The Morgan fingerprint density at radius 1 is 1.24 bits per heavy atom. The zero-order valence-electron chi connectivity index (χ0n) is 12.4. The Hall–Kier alpha value is -0.970. The molecule has 1 aromatic rings. The molecule has 1 saturated carbocycles. The Morgan fingerprint density at radius 2 is 1.95 bits per heavy atom. The molecule has 0 spiro atoms. The molecule has 2 aliphatic rings. The number of rotatable bonds is 4. The lowest BCUT2D eigenvalue weighted by Crippen LogP contribution is -2.57. The van der Waals surface area contributed by atoms with Crippen molar-refractivity contribution in [3.8, 4) is 0 Å². The molecule has 21 heavy (non-hydrogen) atoms. The van der Waals surface area contributed by atoms with Gasteiger partial charge >= 0.3 is 0 Å². The molecule has 0 radical (unpaired) electrons. The molecule has 3 nitrogen and oxygen atoms in total. The number of ether oxygens (including phenoxy) is 1. The fourth-order valence-electron chi connectivity index (χ4n) is 3.69. The van der Waals surface area contributed by atoms with E-state index in [1.807, 2.05) is 0 Å². The number of nitrogens with zero attached hydrogens (tertiary/aromatic N) is 1. The van der Waals surface area contributed by atoms with Gasteiger partial charge in [-0.3, -0.25) is 4.90 Å². The minimum absolute atomic E-state index is 0.00754. The number of benzene rings is 1.